The van der Waals surface area contributed by atoms with Crippen LogP contribution in [0, 0.1) is 5.92 Å². The van der Waals surface area contributed by atoms with Crippen LogP contribution in [0.4, 0.5) is 0 Å². The van der Waals surface area contributed by atoms with E-state index in [0.29, 0.717) is 31.7 Å². The molecule has 1 saturated carbocycles. The van der Waals surface area contributed by atoms with Crippen LogP contribution in [0.2, 0.25) is 0 Å². The van der Waals surface area contributed by atoms with E-state index in [9.17, 15) is 0 Å². The van der Waals surface area contributed by atoms with Crippen molar-refractivity contribution < 1.29 is 9.47 Å². The quantitative estimate of drug-likeness (QED) is 0.455. The normalized spacial score (nSPS) is 21.4. The molecule has 0 amide bonds. The third-order valence-corrected chi connectivity index (χ3v) is 4.40. The van der Waals surface area contributed by atoms with Gasteiger partial charge in [0.05, 0.1) is 6.61 Å². The number of methoxy groups -OCH3 is 1. The molecule has 6 nitrogen and oxygen atoms in total. The van der Waals surface area contributed by atoms with Crippen LogP contribution in [0.15, 0.2) is 23.3 Å². The lowest BCUT2D eigenvalue weighted by atomic mass is 9.87. The maximum atomic E-state index is 5.67. The number of rotatable bonds is 7. The van der Waals surface area contributed by atoms with Gasteiger partial charge >= 0.3 is 0 Å². The third kappa shape index (κ3) is 6.00. The first kappa shape index (κ1) is 18.5. The number of aliphatic imine (C=N–C) groups is 1. The summed E-state index contributed by atoms with van der Waals surface area (Å²) in [5.74, 6) is 2.32. The molecule has 1 aliphatic carbocycles. The summed E-state index contributed by atoms with van der Waals surface area (Å²) < 4.78 is 10.7. The van der Waals surface area contributed by atoms with E-state index in [0.717, 1.165) is 17.4 Å². The predicted molar refractivity (Wildman–Crippen MR) is 96.4 cm³/mol. The highest BCUT2D eigenvalue weighted by atomic mass is 16.5. The largest absolute Gasteiger partial charge is 0.475 e. The summed E-state index contributed by atoms with van der Waals surface area (Å²) in [5, 5.41) is 6.89. The fourth-order valence-corrected chi connectivity index (χ4v) is 2.88. The Balaban J connectivity index is 1.84. The number of aromatic nitrogens is 1. The summed E-state index contributed by atoms with van der Waals surface area (Å²) in [5.41, 5.74) is 1.01. The molecular formula is C18H30N4O2. The summed E-state index contributed by atoms with van der Waals surface area (Å²) in [7, 11) is 3.46. The lowest BCUT2D eigenvalue weighted by Gasteiger charge is -2.28. The van der Waals surface area contributed by atoms with E-state index in [-0.39, 0.29) is 0 Å². The highest BCUT2D eigenvalue weighted by molar-refractivity contribution is 5.80. The van der Waals surface area contributed by atoms with Crippen molar-refractivity contribution in [3.05, 3.63) is 23.9 Å². The van der Waals surface area contributed by atoms with Gasteiger partial charge in [-0.1, -0.05) is 13.0 Å². The fourth-order valence-electron chi connectivity index (χ4n) is 2.88. The minimum atomic E-state index is 0.494. The number of ether oxygens (including phenoxy) is 2. The molecule has 1 heterocycles. The smallest absolute Gasteiger partial charge is 0.218 e. The zero-order valence-electron chi connectivity index (χ0n) is 15.0. The van der Waals surface area contributed by atoms with Crippen LogP contribution in [0.25, 0.3) is 0 Å². The van der Waals surface area contributed by atoms with Gasteiger partial charge in [-0.05, 0) is 37.7 Å². The molecule has 1 aromatic heterocycles. The van der Waals surface area contributed by atoms with E-state index >= 15 is 0 Å². The van der Waals surface area contributed by atoms with Gasteiger partial charge in [0.25, 0.3) is 0 Å². The van der Waals surface area contributed by atoms with Crippen LogP contribution < -0.4 is 15.4 Å². The summed E-state index contributed by atoms with van der Waals surface area (Å²) in [6.45, 7) is 4.00. The molecule has 0 unspecified atom stereocenters. The molecule has 0 radical (unpaired) electrons. The minimum Gasteiger partial charge on any atom is -0.475 e. The van der Waals surface area contributed by atoms with E-state index in [1.54, 1.807) is 20.4 Å². The Morgan fingerprint density at radius 2 is 2.08 bits per heavy atom. The molecule has 6 heteroatoms. The second-order valence-electron chi connectivity index (χ2n) is 6.34. The number of pyridine rings is 1. The molecule has 1 fully saturated rings. The van der Waals surface area contributed by atoms with Gasteiger partial charge < -0.3 is 20.1 Å². The van der Waals surface area contributed by atoms with E-state index in [2.05, 4.69) is 27.5 Å². The minimum absolute atomic E-state index is 0.494. The van der Waals surface area contributed by atoms with Crippen LogP contribution in [0.1, 0.15) is 38.2 Å². The SMILES string of the molecule is CN=C(NCc1cccnc1OCCOC)NC1CCC(C)CC1. The molecule has 0 atom stereocenters. The van der Waals surface area contributed by atoms with Gasteiger partial charge in [-0.2, -0.15) is 0 Å². The summed E-state index contributed by atoms with van der Waals surface area (Å²) in [6.07, 6.45) is 6.73. The number of hydrogen-bond donors (Lipinski definition) is 2. The molecule has 0 spiro atoms. The highest BCUT2D eigenvalue weighted by Crippen LogP contribution is 2.23. The second-order valence-corrected chi connectivity index (χ2v) is 6.34. The molecule has 1 aliphatic rings. The average molecular weight is 334 g/mol. The number of nitrogens with one attached hydrogen (secondary N) is 2. The zero-order valence-corrected chi connectivity index (χ0v) is 15.0. The molecule has 0 aliphatic heterocycles. The summed E-state index contributed by atoms with van der Waals surface area (Å²) in [4.78, 5) is 8.63. The Morgan fingerprint density at radius 1 is 1.29 bits per heavy atom. The van der Waals surface area contributed by atoms with Crippen molar-refractivity contribution in [2.24, 2.45) is 10.9 Å². The van der Waals surface area contributed by atoms with Crippen molar-refractivity contribution >= 4 is 5.96 Å². The van der Waals surface area contributed by atoms with Crippen LogP contribution in [-0.2, 0) is 11.3 Å². The molecule has 0 bridgehead atoms. The number of nitrogens with zero attached hydrogens (tertiary/aromatic N) is 2. The Hall–Kier alpha value is -1.82. The first-order valence-electron chi connectivity index (χ1n) is 8.75. The number of hydrogen-bond acceptors (Lipinski definition) is 4. The monoisotopic (exact) mass is 334 g/mol. The maximum Gasteiger partial charge on any atom is 0.218 e. The maximum absolute atomic E-state index is 5.67. The molecular weight excluding hydrogens is 304 g/mol. The average Bonchev–Trinajstić information content (AvgIpc) is 2.61. The van der Waals surface area contributed by atoms with Crippen LogP contribution >= 0.6 is 0 Å². The van der Waals surface area contributed by atoms with E-state index in [1.807, 2.05) is 12.1 Å². The van der Waals surface area contributed by atoms with E-state index in [1.165, 1.54) is 25.7 Å². The van der Waals surface area contributed by atoms with Crippen LogP contribution in [0.5, 0.6) is 5.88 Å². The molecule has 134 valence electrons. The van der Waals surface area contributed by atoms with E-state index in [4.69, 9.17) is 9.47 Å². The third-order valence-electron chi connectivity index (χ3n) is 4.40. The van der Waals surface area contributed by atoms with Crippen molar-refractivity contribution in [2.75, 3.05) is 27.4 Å². The molecule has 0 aromatic carbocycles. The van der Waals surface area contributed by atoms with Gasteiger partial charge in [-0.15, -0.1) is 0 Å². The van der Waals surface area contributed by atoms with Gasteiger partial charge in [0.1, 0.15) is 6.61 Å². The number of guanidine groups is 1. The van der Waals surface area contributed by atoms with Crippen LogP contribution in [0.3, 0.4) is 0 Å². The fraction of sp³-hybridized carbons (Fsp3) is 0.667. The van der Waals surface area contributed by atoms with Gasteiger partial charge in [0.15, 0.2) is 5.96 Å². The zero-order chi connectivity index (χ0) is 17.2. The Bertz CT molecular complexity index is 513. The molecule has 2 rings (SSSR count). The van der Waals surface area contributed by atoms with Crippen molar-refractivity contribution in [2.45, 2.75) is 45.2 Å². The Morgan fingerprint density at radius 3 is 2.79 bits per heavy atom. The standard InChI is InChI=1S/C18H30N4O2/c1-14-6-8-16(9-7-14)22-18(19-2)21-13-15-5-4-10-20-17(15)24-12-11-23-3/h4-5,10,14,16H,6-9,11-13H2,1-3H3,(H2,19,21,22). The second kappa shape index (κ2) is 10.1. The van der Waals surface area contributed by atoms with Gasteiger partial charge in [-0.25, -0.2) is 4.98 Å². The molecule has 24 heavy (non-hydrogen) atoms. The lowest BCUT2D eigenvalue weighted by molar-refractivity contribution is 0.143. The van der Waals surface area contributed by atoms with Gasteiger partial charge in [-0.3, -0.25) is 4.99 Å². The highest BCUT2D eigenvalue weighted by Gasteiger charge is 2.19. The summed E-state index contributed by atoms with van der Waals surface area (Å²) >= 11 is 0. The molecule has 2 N–H and O–H groups in total. The molecule has 1 aromatic rings. The van der Waals surface area contributed by atoms with Crippen molar-refractivity contribution in [1.82, 2.24) is 15.6 Å². The summed E-state index contributed by atoms with van der Waals surface area (Å²) in [6, 6.07) is 4.44. The Kier molecular flexibility index (Phi) is 7.82. The molecule has 0 saturated heterocycles. The first-order chi connectivity index (χ1) is 11.7. The topological polar surface area (TPSA) is 67.8 Å². The van der Waals surface area contributed by atoms with Crippen molar-refractivity contribution in [3.8, 4) is 5.88 Å². The van der Waals surface area contributed by atoms with E-state index < -0.39 is 0 Å². The lowest BCUT2D eigenvalue weighted by Crippen LogP contribution is -2.44. The van der Waals surface area contributed by atoms with Crippen molar-refractivity contribution in [3.63, 3.8) is 0 Å². The first-order valence-corrected chi connectivity index (χ1v) is 8.75. The Labute approximate surface area is 145 Å². The van der Waals surface area contributed by atoms with Crippen LogP contribution in [-0.4, -0.2) is 44.4 Å². The van der Waals surface area contributed by atoms with Gasteiger partial charge in [0, 0.05) is 38.5 Å². The predicted octanol–water partition coefficient (Wildman–Crippen LogP) is 2.35. The van der Waals surface area contributed by atoms with Crippen molar-refractivity contribution in [1.29, 1.82) is 0 Å². The van der Waals surface area contributed by atoms with Gasteiger partial charge in [0.2, 0.25) is 5.88 Å².